The molecule has 1 aliphatic rings. The van der Waals surface area contributed by atoms with Gasteiger partial charge < -0.3 is 9.47 Å². The molecule has 0 aliphatic heterocycles. The molecule has 0 N–H and O–H groups in total. The van der Waals surface area contributed by atoms with Gasteiger partial charge in [0.05, 0.1) is 25.0 Å². The summed E-state index contributed by atoms with van der Waals surface area (Å²) >= 11 is 0. The Bertz CT molecular complexity index is 589. The minimum atomic E-state index is -0.0643. The van der Waals surface area contributed by atoms with E-state index in [1.54, 1.807) is 0 Å². The third-order valence-corrected chi connectivity index (χ3v) is 9.90. The van der Waals surface area contributed by atoms with Crippen LogP contribution >= 0.6 is 0 Å². The summed E-state index contributed by atoms with van der Waals surface area (Å²) in [7, 11) is 0. The van der Waals surface area contributed by atoms with Crippen LogP contribution in [-0.2, 0) is 19.1 Å². The van der Waals surface area contributed by atoms with Gasteiger partial charge in [0.2, 0.25) is 0 Å². The molecule has 0 spiro atoms. The Balaban J connectivity index is 2.11. The Kier molecular flexibility index (Phi) is 16.9. The van der Waals surface area contributed by atoms with E-state index in [4.69, 9.17) is 9.47 Å². The molecule has 0 radical (unpaired) electrons. The van der Waals surface area contributed by atoms with Crippen molar-refractivity contribution in [2.45, 2.75) is 158 Å². The highest BCUT2D eigenvalue weighted by Crippen LogP contribution is 2.36. The van der Waals surface area contributed by atoms with Gasteiger partial charge in [-0.3, -0.25) is 9.59 Å². The van der Waals surface area contributed by atoms with E-state index in [0.717, 1.165) is 63.2 Å². The minimum absolute atomic E-state index is 0.0483. The summed E-state index contributed by atoms with van der Waals surface area (Å²) in [6, 6.07) is 0. The summed E-state index contributed by atoms with van der Waals surface area (Å²) < 4.78 is 11.2. The number of carbonyl (C=O) groups excluding carboxylic acids is 2. The summed E-state index contributed by atoms with van der Waals surface area (Å²) in [5.74, 6) is 1.23. The van der Waals surface area contributed by atoms with Gasteiger partial charge in [0.15, 0.2) is 0 Å². The van der Waals surface area contributed by atoms with Gasteiger partial charge in [-0.15, -0.1) is 0 Å². The van der Waals surface area contributed by atoms with Crippen molar-refractivity contribution in [2.75, 3.05) is 13.2 Å². The Morgan fingerprint density at radius 3 is 1.29 bits per heavy atom. The van der Waals surface area contributed by atoms with Crippen LogP contribution in [0.4, 0.5) is 0 Å². The fourth-order valence-corrected chi connectivity index (χ4v) is 6.17. The monoisotopic (exact) mass is 536 g/mol. The molecule has 0 bridgehead atoms. The quantitative estimate of drug-likeness (QED) is 0.115. The zero-order chi connectivity index (χ0) is 28.6. The number of esters is 2. The van der Waals surface area contributed by atoms with Crippen molar-refractivity contribution in [3.05, 3.63) is 0 Å². The van der Waals surface area contributed by atoms with Crippen molar-refractivity contribution in [2.24, 2.45) is 34.5 Å². The van der Waals surface area contributed by atoms with Gasteiger partial charge in [0.25, 0.3) is 0 Å². The summed E-state index contributed by atoms with van der Waals surface area (Å²) in [4.78, 5) is 25.0. The molecule has 1 fully saturated rings. The predicted octanol–water partition coefficient (Wildman–Crippen LogP) is 9.92. The van der Waals surface area contributed by atoms with E-state index >= 15 is 0 Å². The normalized spacial score (nSPS) is 20.1. The smallest absolute Gasteiger partial charge is 0.308 e. The van der Waals surface area contributed by atoms with E-state index in [-0.39, 0.29) is 23.8 Å². The summed E-state index contributed by atoms with van der Waals surface area (Å²) in [5, 5.41) is 0. The highest BCUT2D eigenvalue weighted by molar-refractivity contribution is 5.75. The van der Waals surface area contributed by atoms with E-state index in [9.17, 15) is 9.59 Å². The number of carbonyl (C=O) groups is 2. The lowest BCUT2D eigenvalue weighted by atomic mass is 9.74. The molecule has 0 aromatic heterocycles. The lowest BCUT2D eigenvalue weighted by Crippen LogP contribution is -2.28. The van der Waals surface area contributed by atoms with Crippen molar-refractivity contribution in [3.63, 3.8) is 0 Å². The third-order valence-electron chi connectivity index (χ3n) is 9.90. The third kappa shape index (κ3) is 13.3. The summed E-state index contributed by atoms with van der Waals surface area (Å²) in [6.07, 6.45) is 17.1. The fraction of sp³-hybridized carbons (Fsp3) is 0.941. The predicted molar refractivity (Wildman–Crippen MR) is 160 cm³/mol. The van der Waals surface area contributed by atoms with Crippen LogP contribution in [0.2, 0.25) is 0 Å². The highest BCUT2D eigenvalue weighted by atomic mass is 16.5. The minimum Gasteiger partial charge on any atom is -0.465 e. The first kappa shape index (κ1) is 35.0. The van der Waals surface area contributed by atoms with Gasteiger partial charge in [0, 0.05) is 0 Å². The Morgan fingerprint density at radius 2 is 0.974 bits per heavy atom. The molecule has 38 heavy (non-hydrogen) atoms. The van der Waals surface area contributed by atoms with E-state index in [1.165, 1.54) is 51.4 Å². The van der Waals surface area contributed by atoms with Gasteiger partial charge in [-0.05, 0) is 74.0 Å². The van der Waals surface area contributed by atoms with Crippen LogP contribution in [0.1, 0.15) is 158 Å². The molecule has 0 saturated heterocycles. The molecule has 4 nitrogen and oxygen atoms in total. The zero-order valence-electron chi connectivity index (χ0n) is 26.7. The second-order valence-electron chi connectivity index (χ2n) is 13.9. The first-order valence-electron chi connectivity index (χ1n) is 16.3. The van der Waals surface area contributed by atoms with Gasteiger partial charge in [-0.1, -0.05) is 107 Å². The average Bonchev–Trinajstić information content (AvgIpc) is 2.87. The molecule has 224 valence electrons. The molecule has 2 atom stereocenters. The second kappa shape index (κ2) is 18.3. The van der Waals surface area contributed by atoms with Gasteiger partial charge in [-0.25, -0.2) is 0 Å². The molecular weight excluding hydrogens is 472 g/mol. The van der Waals surface area contributed by atoms with Crippen molar-refractivity contribution >= 4 is 11.9 Å². The van der Waals surface area contributed by atoms with Gasteiger partial charge in [-0.2, -0.15) is 0 Å². The van der Waals surface area contributed by atoms with E-state index < -0.39 is 0 Å². The molecule has 1 aliphatic carbocycles. The lowest BCUT2D eigenvalue weighted by molar-refractivity contribution is -0.155. The van der Waals surface area contributed by atoms with Crippen molar-refractivity contribution in [3.8, 4) is 0 Å². The molecule has 0 aromatic carbocycles. The maximum atomic E-state index is 12.5. The van der Waals surface area contributed by atoms with Crippen LogP contribution in [0.5, 0.6) is 0 Å². The Morgan fingerprint density at radius 1 is 0.632 bits per heavy atom. The topological polar surface area (TPSA) is 52.6 Å². The van der Waals surface area contributed by atoms with E-state index in [1.807, 2.05) is 0 Å². The fourth-order valence-electron chi connectivity index (χ4n) is 6.17. The maximum Gasteiger partial charge on any atom is 0.308 e. The maximum absolute atomic E-state index is 12.5. The van der Waals surface area contributed by atoms with E-state index in [2.05, 4.69) is 55.4 Å². The Labute approximate surface area is 236 Å². The van der Waals surface area contributed by atoms with Crippen LogP contribution in [0.3, 0.4) is 0 Å². The molecule has 0 amide bonds. The van der Waals surface area contributed by atoms with Crippen molar-refractivity contribution in [1.82, 2.24) is 0 Å². The lowest BCUT2D eigenvalue weighted by Gasteiger charge is -2.31. The van der Waals surface area contributed by atoms with Gasteiger partial charge >= 0.3 is 11.9 Å². The average molecular weight is 537 g/mol. The zero-order valence-corrected chi connectivity index (χ0v) is 26.7. The first-order chi connectivity index (χ1) is 17.9. The van der Waals surface area contributed by atoms with Gasteiger partial charge in [0.1, 0.15) is 0 Å². The molecule has 2 unspecified atom stereocenters. The van der Waals surface area contributed by atoms with Crippen LogP contribution < -0.4 is 0 Å². The van der Waals surface area contributed by atoms with Crippen LogP contribution in [0, 0.1) is 34.5 Å². The van der Waals surface area contributed by atoms with Crippen LogP contribution in [0.25, 0.3) is 0 Å². The number of rotatable bonds is 20. The molecule has 0 heterocycles. The second-order valence-corrected chi connectivity index (χ2v) is 13.9. The van der Waals surface area contributed by atoms with Crippen LogP contribution in [0.15, 0.2) is 0 Å². The number of unbranched alkanes of at least 4 members (excludes halogenated alkanes) is 4. The number of hydrogen-bond donors (Lipinski definition) is 0. The Hall–Kier alpha value is -1.06. The number of ether oxygens (including phenoxy) is 2. The molecule has 1 saturated carbocycles. The molecular formula is C34H64O4. The van der Waals surface area contributed by atoms with E-state index in [0.29, 0.717) is 24.0 Å². The molecule has 4 heteroatoms. The highest BCUT2D eigenvalue weighted by Gasteiger charge is 2.31. The largest absolute Gasteiger partial charge is 0.465 e. The summed E-state index contributed by atoms with van der Waals surface area (Å²) in [6.45, 7) is 19.9. The number of hydrogen-bond acceptors (Lipinski definition) is 4. The summed E-state index contributed by atoms with van der Waals surface area (Å²) in [5.41, 5.74) is 0.826. The van der Waals surface area contributed by atoms with Crippen molar-refractivity contribution < 1.29 is 19.1 Å². The molecule has 1 rings (SSSR count). The van der Waals surface area contributed by atoms with Crippen molar-refractivity contribution in [1.29, 1.82) is 0 Å². The molecule has 0 aromatic rings. The SMILES string of the molecule is CCCC(C)(C)C(C)CCCCCOC(=O)C1CCC(C(=O)OCCCCCC(C)C(C)(C)CCC)CC1. The standard InChI is InChI=1S/C34H64O4/c1-9-23-33(5,6)27(3)17-13-11-15-25-37-31(35)29-19-21-30(22-20-29)32(36)38-26-16-12-14-18-28(4)34(7,8)24-10-2/h27-30H,9-26H2,1-8H3. The first-order valence-corrected chi connectivity index (χ1v) is 16.3. The van der Waals surface area contributed by atoms with Crippen LogP contribution in [-0.4, -0.2) is 25.2 Å².